The van der Waals surface area contributed by atoms with Gasteiger partial charge in [-0.15, -0.1) is 0 Å². The number of rotatable bonds is 49. The summed E-state index contributed by atoms with van der Waals surface area (Å²) < 4.78 is 34.4. The first kappa shape index (κ1) is 69.8. The third-order valence-corrected chi connectivity index (χ3v) is 14.3. The van der Waals surface area contributed by atoms with Gasteiger partial charge in [0.15, 0.2) is 12.6 Å². The lowest BCUT2D eigenvalue weighted by Crippen LogP contribution is -2.61. The number of carbonyl (C=O) groups is 1. The SMILES string of the molecule is CC/C=C\C/C=C\C/C=C\C/C=C\CCCCCCCCCCCCCCC(=O)OC(COCCCCCCCC/C=C\CCCCCCCCC)COC1OC(COC2OC(CO)C(O)C(O)C2O)C(O)C(O)C1O. The van der Waals surface area contributed by atoms with Gasteiger partial charge in [0.05, 0.1) is 26.4 Å². The number of hydrogen-bond acceptors (Lipinski definition) is 14. The fourth-order valence-corrected chi connectivity index (χ4v) is 9.39. The maximum absolute atomic E-state index is 13.1. The van der Waals surface area contributed by atoms with E-state index in [1.807, 2.05) is 0 Å². The first-order chi connectivity index (χ1) is 37.1. The summed E-state index contributed by atoms with van der Waals surface area (Å²) in [5, 5.41) is 72.4. The van der Waals surface area contributed by atoms with Crippen LogP contribution >= 0.6 is 0 Å². The highest BCUT2D eigenvalue weighted by Gasteiger charge is 2.47. The van der Waals surface area contributed by atoms with Crippen molar-refractivity contribution in [1.29, 1.82) is 0 Å². The molecule has 2 rings (SSSR count). The molecule has 0 saturated carbocycles. The second kappa shape index (κ2) is 48.6. The van der Waals surface area contributed by atoms with Crippen LogP contribution in [0.3, 0.4) is 0 Å². The van der Waals surface area contributed by atoms with Crippen molar-refractivity contribution < 1.29 is 69.0 Å². The minimum Gasteiger partial charge on any atom is -0.457 e. The number of ether oxygens (including phenoxy) is 6. The van der Waals surface area contributed by atoms with Gasteiger partial charge in [-0.25, -0.2) is 0 Å². The Kier molecular flexibility index (Phi) is 44.6. The number of unbranched alkanes of at least 4 members (excludes halogenated alkanes) is 25. The summed E-state index contributed by atoms with van der Waals surface area (Å²) in [5.74, 6) is -0.380. The van der Waals surface area contributed by atoms with Crippen LogP contribution in [0.25, 0.3) is 0 Å². The smallest absolute Gasteiger partial charge is 0.306 e. The zero-order valence-electron chi connectivity index (χ0n) is 47.5. The molecule has 76 heavy (non-hydrogen) atoms. The summed E-state index contributed by atoms with van der Waals surface area (Å²) in [4.78, 5) is 13.1. The molecule has 0 aliphatic carbocycles. The first-order valence-corrected chi connectivity index (χ1v) is 30.4. The number of allylic oxidation sites excluding steroid dienone is 10. The molecule has 2 fully saturated rings. The van der Waals surface area contributed by atoms with E-state index in [1.165, 1.54) is 122 Å². The number of hydrogen-bond donors (Lipinski definition) is 7. The molecule has 0 spiro atoms. The maximum Gasteiger partial charge on any atom is 0.306 e. The summed E-state index contributed by atoms with van der Waals surface area (Å²) in [7, 11) is 0. The molecular weight excluding hydrogens is 969 g/mol. The Bertz CT molecular complexity index is 1490. The Hall–Kier alpha value is -2.31. The summed E-state index contributed by atoms with van der Waals surface area (Å²) in [6.45, 7) is 3.58. The van der Waals surface area contributed by atoms with Gasteiger partial charge in [-0.1, -0.05) is 203 Å². The van der Waals surface area contributed by atoms with Crippen molar-refractivity contribution in [2.75, 3.05) is 33.0 Å². The van der Waals surface area contributed by atoms with Gasteiger partial charge in [-0.3, -0.25) is 4.79 Å². The van der Waals surface area contributed by atoms with Crippen molar-refractivity contribution in [3.63, 3.8) is 0 Å². The Balaban J connectivity index is 1.69. The van der Waals surface area contributed by atoms with Crippen molar-refractivity contribution >= 4 is 5.97 Å². The summed E-state index contributed by atoms with van der Waals surface area (Å²) >= 11 is 0. The van der Waals surface area contributed by atoms with Gasteiger partial charge < -0.3 is 64.2 Å². The third kappa shape index (κ3) is 34.6. The van der Waals surface area contributed by atoms with Crippen LogP contribution in [-0.2, 0) is 33.2 Å². The number of carbonyl (C=O) groups excluding carboxylic acids is 1. The Morgan fingerprint density at radius 1 is 0.447 bits per heavy atom. The average molecular weight is 1080 g/mol. The zero-order chi connectivity index (χ0) is 55.1. The lowest BCUT2D eigenvalue weighted by molar-refractivity contribution is -0.332. The van der Waals surface area contributed by atoms with Crippen molar-refractivity contribution in [3.05, 3.63) is 60.8 Å². The maximum atomic E-state index is 13.1. The average Bonchev–Trinajstić information content (AvgIpc) is 3.42. The third-order valence-electron chi connectivity index (χ3n) is 14.3. The monoisotopic (exact) mass is 1080 g/mol. The topological polar surface area (TPSA) is 214 Å². The molecule has 14 nitrogen and oxygen atoms in total. The minimum absolute atomic E-state index is 0.0562. The van der Waals surface area contributed by atoms with E-state index in [0.29, 0.717) is 13.0 Å². The minimum atomic E-state index is -1.71. The number of aliphatic hydroxyl groups is 7. The highest BCUT2D eigenvalue weighted by Crippen LogP contribution is 2.27. The molecule has 0 aromatic rings. The molecule has 442 valence electrons. The van der Waals surface area contributed by atoms with Crippen LogP contribution in [0.5, 0.6) is 0 Å². The van der Waals surface area contributed by atoms with E-state index < -0.39 is 80.7 Å². The molecule has 2 aliphatic heterocycles. The van der Waals surface area contributed by atoms with Crippen molar-refractivity contribution in [2.24, 2.45) is 0 Å². The summed E-state index contributed by atoms with van der Waals surface area (Å²) in [5.41, 5.74) is 0. The van der Waals surface area contributed by atoms with E-state index in [0.717, 1.165) is 77.0 Å². The standard InChI is InChI=1S/C62H110O14/c1-3-5-7-9-11-13-15-17-19-21-22-23-24-25-26-27-28-29-31-33-35-37-39-41-43-45-54(64)74-51(48-71-46-44-42-40-38-36-34-32-30-20-18-16-14-12-10-8-6-4-2)49-72-61-60(70)58(68)56(66)53(76-61)50-73-62-59(69)57(67)55(65)52(47-63)75-62/h5,7,11,13,17,19-20,22-23,30,51-53,55-63,65-70H,3-4,6,8-10,12,14-16,18,21,24-29,31-50H2,1-2H3/b7-5-,13-11-,19-17-,23-22-,30-20-. The number of aliphatic hydroxyl groups excluding tert-OH is 7. The fourth-order valence-electron chi connectivity index (χ4n) is 9.39. The highest BCUT2D eigenvalue weighted by molar-refractivity contribution is 5.69. The predicted molar refractivity (Wildman–Crippen MR) is 302 cm³/mol. The van der Waals surface area contributed by atoms with E-state index >= 15 is 0 Å². The summed E-state index contributed by atoms with van der Waals surface area (Å²) in [6, 6.07) is 0. The molecule has 2 saturated heterocycles. The van der Waals surface area contributed by atoms with Crippen LogP contribution in [0, 0.1) is 0 Å². The van der Waals surface area contributed by atoms with Crippen molar-refractivity contribution in [1.82, 2.24) is 0 Å². The van der Waals surface area contributed by atoms with Crippen LogP contribution in [0.15, 0.2) is 60.8 Å². The van der Waals surface area contributed by atoms with E-state index in [2.05, 4.69) is 74.6 Å². The fraction of sp³-hybridized carbons (Fsp3) is 0.823. The second-order valence-electron chi connectivity index (χ2n) is 21.1. The zero-order valence-corrected chi connectivity index (χ0v) is 47.5. The molecule has 0 bridgehead atoms. The normalized spacial score (nSPS) is 24.9. The predicted octanol–water partition coefficient (Wildman–Crippen LogP) is 11.2. The Morgan fingerprint density at radius 2 is 0.855 bits per heavy atom. The first-order valence-electron chi connectivity index (χ1n) is 30.4. The van der Waals surface area contributed by atoms with Gasteiger partial charge in [0.2, 0.25) is 0 Å². The van der Waals surface area contributed by atoms with Crippen LogP contribution in [0.1, 0.15) is 226 Å². The van der Waals surface area contributed by atoms with Gasteiger partial charge in [0, 0.05) is 13.0 Å². The van der Waals surface area contributed by atoms with Crippen molar-refractivity contribution in [2.45, 2.75) is 293 Å². The van der Waals surface area contributed by atoms with Gasteiger partial charge >= 0.3 is 5.97 Å². The van der Waals surface area contributed by atoms with E-state index in [9.17, 15) is 40.5 Å². The molecule has 7 N–H and O–H groups in total. The molecule has 14 heteroatoms. The lowest BCUT2D eigenvalue weighted by atomic mass is 9.98. The molecule has 11 atom stereocenters. The van der Waals surface area contributed by atoms with Gasteiger partial charge in [0.25, 0.3) is 0 Å². The molecule has 0 radical (unpaired) electrons. The Morgan fingerprint density at radius 3 is 1.36 bits per heavy atom. The van der Waals surface area contributed by atoms with Crippen molar-refractivity contribution in [3.8, 4) is 0 Å². The van der Waals surface area contributed by atoms with Gasteiger partial charge in [-0.2, -0.15) is 0 Å². The van der Waals surface area contributed by atoms with Gasteiger partial charge in [-0.05, 0) is 77.0 Å². The Labute approximate surface area is 460 Å². The molecule has 11 unspecified atom stereocenters. The molecule has 0 aromatic carbocycles. The molecular formula is C62H110O14. The molecule has 2 aliphatic rings. The second-order valence-corrected chi connectivity index (χ2v) is 21.1. The van der Waals surface area contributed by atoms with Gasteiger partial charge in [0.1, 0.15) is 54.9 Å². The van der Waals surface area contributed by atoms with E-state index in [4.69, 9.17) is 28.4 Å². The van der Waals surface area contributed by atoms with E-state index in [-0.39, 0.29) is 25.6 Å². The van der Waals surface area contributed by atoms with Crippen LogP contribution in [-0.4, -0.2) is 142 Å². The number of esters is 1. The quantitative estimate of drug-likeness (QED) is 0.0172. The van der Waals surface area contributed by atoms with Crippen LogP contribution in [0.2, 0.25) is 0 Å². The summed E-state index contributed by atoms with van der Waals surface area (Å²) in [6.07, 6.45) is 44.2. The lowest BCUT2D eigenvalue weighted by Gasteiger charge is -2.42. The highest BCUT2D eigenvalue weighted by atomic mass is 16.7. The molecule has 0 aromatic heterocycles. The van der Waals surface area contributed by atoms with E-state index in [1.54, 1.807) is 0 Å². The van der Waals surface area contributed by atoms with Crippen LogP contribution < -0.4 is 0 Å². The van der Waals surface area contributed by atoms with Crippen LogP contribution in [0.4, 0.5) is 0 Å². The molecule has 2 heterocycles. The largest absolute Gasteiger partial charge is 0.457 e. The molecule has 0 amide bonds.